The topological polar surface area (TPSA) is 140 Å². The summed E-state index contributed by atoms with van der Waals surface area (Å²) in [6.07, 6.45) is 3.31. The summed E-state index contributed by atoms with van der Waals surface area (Å²) in [5.41, 5.74) is 4.94. The molecule has 1 saturated carbocycles. The number of thioether (sulfide) groups is 1. The molecule has 1 aliphatic carbocycles. The summed E-state index contributed by atoms with van der Waals surface area (Å²) in [6, 6.07) is -0.913. The molecule has 0 spiro atoms. The minimum atomic E-state index is -1.31. The van der Waals surface area contributed by atoms with E-state index in [1.165, 1.54) is 11.8 Å². The van der Waals surface area contributed by atoms with Crippen LogP contribution < -0.4 is 11.1 Å². The van der Waals surface area contributed by atoms with Crippen molar-refractivity contribution in [2.45, 2.75) is 36.5 Å². The molecule has 0 aliphatic heterocycles. The fourth-order valence-corrected chi connectivity index (χ4v) is 2.50. The number of nitrogens with one attached hydrogen (secondary N) is 1. The molecule has 0 aromatic carbocycles. The molecule has 114 valence electrons. The zero-order valence-electron chi connectivity index (χ0n) is 11.1. The molecule has 2 rings (SSSR count). The summed E-state index contributed by atoms with van der Waals surface area (Å²) >= 11 is 1.17. The van der Waals surface area contributed by atoms with Gasteiger partial charge in [0.25, 0.3) is 0 Å². The Balaban J connectivity index is 1.84. The van der Waals surface area contributed by atoms with E-state index in [9.17, 15) is 14.4 Å². The Morgan fingerprint density at radius 3 is 2.81 bits per heavy atom. The molecule has 2 amide bonds. The third kappa shape index (κ3) is 4.45. The molecule has 0 radical (unpaired) electrons. The summed E-state index contributed by atoms with van der Waals surface area (Å²) in [7, 11) is 0. The second-order valence-electron chi connectivity index (χ2n) is 4.67. The predicted octanol–water partition coefficient (Wildman–Crippen LogP) is -0.850. The highest BCUT2D eigenvalue weighted by Gasteiger charge is 2.27. The second kappa shape index (κ2) is 6.57. The molecule has 1 unspecified atom stereocenters. The Kier molecular flexibility index (Phi) is 4.78. The van der Waals surface area contributed by atoms with Crippen LogP contribution in [0.1, 0.15) is 25.3 Å². The van der Waals surface area contributed by atoms with Gasteiger partial charge in [-0.3, -0.25) is 9.59 Å². The molecule has 21 heavy (non-hydrogen) atoms. The molecule has 10 heteroatoms. The van der Waals surface area contributed by atoms with Crippen molar-refractivity contribution in [3.05, 3.63) is 6.33 Å². The van der Waals surface area contributed by atoms with Crippen LogP contribution in [-0.4, -0.2) is 49.4 Å². The molecule has 1 heterocycles. The molecule has 0 saturated heterocycles. The molecule has 0 bridgehead atoms. The normalized spacial score (nSPS) is 15.4. The lowest BCUT2D eigenvalue weighted by Gasteiger charge is -2.12. The number of nitrogens with two attached hydrogens (primary N) is 1. The van der Waals surface area contributed by atoms with E-state index < -0.39 is 30.2 Å². The summed E-state index contributed by atoms with van der Waals surface area (Å²) in [5, 5.41) is 19.5. The van der Waals surface area contributed by atoms with E-state index in [0.717, 1.165) is 12.8 Å². The number of rotatable bonds is 8. The molecule has 1 atom stereocenters. The minimum absolute atomic E-state index is 0.00600. The monoisotopic (exact) mass is 313 g/mol. The van der Waals surface area contributed by atoms with Gasteiger partial charge in [0.1, 0.15) is 12.4 Å². The van der Waals surface area contributed by atoms with Gasteiger partial charge in [-0.05, 0) is 12.8 Å². The van der Waals surface area contributed by atoms with E-state index in [4.69, 9.17) is 10.8 Å². The van der Waals surface area contributed by atoms with Gasteiger partial charge >= 0.3 is 5.97 Å². The summed E-state index contributed by atoms with van der Waals surface area (Å²) in [5.74, 6) is -2.59. The average molecular weight is 313 g/mol. The van der Waals surface area contributed by atoms with E-state index in [1.807, 2.05) is 4.57 Å². The smallest absolute Gasteiger partial charge is 0.326 e. The lowest BCUT2D eigenvalue weighted by atomic mass is 10.2. The third-order valence-electron chi connectivity index (χ3n) is 2.85. The van der Waals surface area contributed by atoms with Gasteiger partial charge in [0.2, 0.25) is 11.8 Å². The van der Waals surface area contributed by atoms with Crippen LogP contribution in [0.15, 0.2) is 11.5 Å². The molecule has 9 nitrogen and oxygen atoms in total. The standard InChI is InChI=1S/C11H15N5O4S/c12-8(17)3-7(10(19)20)14-9(18)4-21-11-15-13-5-16(11)6-1-2-6/h5-7H,1-4H2,(H2,12,17)(H,14,18)(H,19,20). The third-order valence-corrected chi connectivity index (χ3v) is 3.81. The van der Waals surface area contributed by atoms with Crippen LogP contribution in [0.2, 0.25) is 0 Å². The van der Waals surface area contributed by atoms with E-state index in [0.29, 0.717) is 11.2 Å². The van der Waals surface area contributed by atoms with Crippen molar-refractivity contribution in [1.82, 2.24) is 20.1 Å². The van der Waals surface area contributed by atoms with E-state index in [-0.39, 0.29) is 5.75 Å². The van der Waals surface area contributed by atoms with Gasteiger partial charge in [0, 0.05) is 6.04 Å². The number of aromatic nitrogens is 3. The number of carbonyl (C=O) groups excluding carboxylic acids is 2. The first-order valence-corrected chi connectivity index (χ1v) is 7.28. The molecular weight excluding hydrogens is 298 g/mol. The van der Waals surface area contributed by atoms with E-state index >= 15 is 0 Å². The SMILES string of the molecule is NC(=O)CC(NC(=O)CSc1nncn1C1CC1)C(=O)O. The predicted molar refractivity (Wildman–Crippen MR) is 72.4 cm³/mol. The molecule has 1 aromatic rings. The Labute approximate surface area is 124 Å². The van der Waals surface area contributed by atoms with Gasteiger partial charge < -0.3 is 20.7 Å². The Bertz CT molecular complexity index is 557. The summed E-state index contributed by atoms with van der Waals surface area (Å²) < 4.78 is 1.90. The number of nitrogens with zero attached hydrogens (tertiary/aromatic N) is 3. The van der Waals surface area contributed by atoms with Crippen LogP contribution in [0.5, 0.6) is 0 Å². The van der Waals surface area contributed by atoms with Gasteiger partial charge in [0.15, 0.2) is 5.16 Å². The lowest BCUT2D eigenvalue weighted by molar-refractivity contribution is -0.143. The number of hydrogen-bond donors (Lipinski definition) is 3. The van der Waals surface area contributed by atoms with E-state index in [2.05, 4.69) is 15.5 Å². The molecular formula is C11H15N5O4S. The number of carboxylic acid groups (broad SMARTS) is 1. The minimum Gasteiger partial charge on any atom is -0.480 e. The number of carboxylic acids is 1. The molecule has 1 fully saturated rings. The van der Waals surface area contributed by atoms with Crippen molar-refractivity contribution in [2.24, 2.45) is 5.73 Å². The second-order valence-corrected chi connectivity index (χ2v) is 5.61. The zero-order chi connectivity index (χ0) is 15.4. The van der Waals surface area contributed by atoms with Gasteiger partial charge in [-0.15, -0.1) is 10.2 Å². The van der Waals surface area contributed by atoms with Crippen molar-refractivity contribution in [1.29, 1.82) is 0 Å². The van der Waals surface area contributed by atoms with Gasteiger partial charge in [0.05, 0.1) is 12.2 Å². The Morgan fingerprint density at radius 2 is 2.24 bits per heavy atom. The highest BCUT2D eigenvalue weighted by Crippen LogP contribution is 2.37. The Morgan fingerprint density at radius 1 is 1.52 bits per heavy atom. The fraction of sp³-hybridized carbons (Fsp3) is 0.545. The van der Waals surface area contributed by atoms with Crippen LogP contribution in [0.25, 0.3) is 0 Å². The number of carbonyl (C=O) groups is 3. The largest absolute Gasteiger partial charge is 0.480 e. The number of aliphatic carboxylic acids is 1. The van der Waals surface area contributed by atoms with Gasteiger partial charge in [-0.1, -0.05) is 11.8 Å². The molecule has 1 aromatic heterocycles. The number of hydrogen-bond acceptors (Lipinski definition) is 6. The van der Waals surface area contributed by atoms with Crippen molar-refractivity contribution in [2.75, 3.05) is 5.75 Å². The first-order valence-electron chi connectivity index (χ1n) is 6.30. The van der Waals surface area contributed by atoms with Crippen molar-refractivity contribution in [3.63, 3.8) is 0 Å². The first kappa shape index (κ1) is 15.3. The van der Waals surface area contributed by atoms with Crippen molar-refractivity contribution in [3.8, 4) is 0 Å². The maximum absolute atomic E-state index is 11.7. The van der Waals surface area contributed by atoms with Crippen molar-refractivity contribution >= 4 is 29.5 Å². The van der Waals surface area contributed by atoms with Crippen LogP contribution in [-0.2, 0) is 14.4 Å². The van der Waals surface area contributed by atoms with Crippen molar-refractivity contribution < 1.29 is 19.5 Å². The Hall–Kier alpha value is -2.10. The number of amides is 2. The van der Waals surface area contributed by atoms with Crippen LogP contribution in [0.3, 0.4) is 0 Å². The number of primary amides is 1. The maximum atomic E-state index is 11.7. The molecule has 1 aliphatic rings. The average Bonchev–Trinajstić information content (AvgIpc) is 3.14. The highest BCUT2D eigenvalue weighted by atomic mass is 32.2. The zero-order valence-corrected chi connectivity index (χ0v) is 11.9. The maximum Gasteiger partial charge on any atom is 0.326 e. The lowest BCUT2D eigenvalue weighted by Crippen LogP contribution is -2.44. The molecule has 4 N–H and O–H groups in total. The fourth-order valence-electron chi connectivity index (χ4n) is 1.71. The highest BCUT2D eigenvalue weighted by molar-refractivity contribution is 7.99. The van der Waals surface area contributed by atoms with E-state index in [1.54, 1.807) is 6.33 Å². The quantitative estimate of drug-likeness (QED) is 0.531. The summed E-state index contributed by atoms with van der Waals surface area (Å²) in [6.45, 7) is 0. The van der Waals surface area contributed by atoms with Crippen LogP contribution in [0.4, 0.5) is 0 Å². The van der Waals surface area contributed by atoms with Gasteiger partial charge in [-0.25, -0.2) is 4.79 Å². The van der Waals surface area contributed by atoms with Gasteiger partial charge in [-0.2, -0.15) is 0 Å². The first-order chi connectivity index (χ1) is 9.97. The van der Waals surface area contributed by atoms with Crippen LogP contribution >= 0.6 is 11.8 Å². The summed E-state index contributed by atoms with van der Waals surface area (Å²) in [4.78, 5) is 33.4. The van der Waals surface area contributed by atoms with Crippen LogP contribution in [0, 0.1) is 0 Å².